The van der Waals surface area contributed by atoms with Crippen LogP contribution in [0, 0.1) is 0 Å². The molecule has 2 fully saturated rings. The number of likely N-dealkylation sites (tertiary alicyclic amines) is 1. The molecule has 0 bridgehead atoms. The lowest BCUT2D eigenvalue weighted by Crippen LogP contribution is -2.34. The Morgan fingerprint density at radius 2 is 1.95 bits per heavy atom. The van der Waals surface area contributed by atoms with E-state index in [0.717, 1.165) is 17.5 Å². The molecule has 3 rings (SSSR count). The molecule has 1 amide bonds. The highest BCUT2D eigenvalue weighted by atomic mass is 16.5. The first-order valence-electron chi connectivity index (χ1n) is 8.42. The molecule has 1 aromatic carbocycles. The van der Waals surface area contributed by atoms with E-state index < -0.39 is 0 Å². The van der Waals surface area contributed by atoms with Crippen molar-refractivity contribution in [1.29, 1.82) is 0 Å². The fourth-order valence-corrected chi connectivity index (χ4v) is 3.36. The monoisotopic (exact) mass is 302 g/mol. The van der Waals surface area contributed by atoms with Gasteiger partial charge < -0.3 is 15.0 Å². The molecule has 1 saturated heterocycles. The van der Waals surface area contributed by atoms with Crippen LogP contribution < -0.4 is 10.1 Å². The standard InChI is InChI=1S/C18H26N2O2/c1-13(2)22-18-11-15(3-6-17(18)19-12-21)14-7-9-20(10-8-14)16-4-5-16/h3,6,11-14,16H,4-5,7-10H2,1-2H3,(H,19,21). The molecule has 0 radical (unpaired) electrons. The number of nitrogens with one attached hydrogen (secondary N) is 1. The lowest BCUT2D eigenvalue weighted by molar-refractivity contribution is -0.105. The third kappa shape index (κ3) is 3.61. The van der Waals surface area contributed by atoms with Crippen molar-refractivity contribution in [3.05, 3.63) is 23.8 Å². The third-order valence-corrected chi connectivity index (χ3v) is 4.65. The second-order valence-electron chi connectivity index (χ2n) is 6.73. The van der Waals surface area contributed by atoms with Crippen molar-refractivity contribution >= 4 is 12.1 Å². The Hall–Kier alpha value is -1.55. The Labute approximate surface area is 132 Å². The van der Waals surface area contributed by atoms with Crippen molar-refractivity contribution < 1.29 is 9.53 Å². The van der Waals surface area contributed by atoms with Crippen LogP contribution in [0.1, 0.15) is 51.0 Å². The van der Waals surface area contributed by atoms with Crippen LogP contribution in [0.25, 0.3) is 0 Å². The number of carbonyl (C=O) groups is 1. The van der Waals surface area contributed by atoms with Gasteiger partial charge in [0.25, 0.3) is 0 Å². The number of nitrogens with zero attached hydrogens (tertiary/aromatic N) is 1. The van der Waals surface area contributed by atoms with Gasteiger partial charge in [-0.25, -0.2) is 0 Å². The molecule has 4 nitrogen and oxygen atoms in total. The molecule has 120 valence electrons. The summed E-state index contributed by atoms with van der Waals surface area (Å²) >= 11 is 0. The zero-order chi connectivity index (χ0) is 15.5. The van der Waals surface area contributed by atoms with Crippen LogP contribution in [-0.4, -0.2) is 36.5 Å². The molecule has 4 heteroatoms. The van der Waals surface area contributed by atoms with Gasteiger partial charge in [-0.2, -0.15) is 0 Å². The molecule has 1 aromatic rings. The maximum absolute atomic E-state index is 10.7. The Kier molecular flexibility index (Phi) is 4.67. The van der Waals surface area contributed by atoms with Gasteiger partial charge in [0.1, 0.15) is 5.75 Å². The number of rotatable bonds is 6. The molecule has 1 aliphatic carbocycles. The van der Waals surface area contributed by atoms with Gasteiger partial charge in [0, 0.05) is 6.04 Å². The van der Waals surface area contributed by atoms with Gasteiger partial charge in [0.2, 0.25) is 6.41 Å². The van der Waals surface area contributed by atoms with Crippen LogP contribution >= 0.6 is 0 Å². The third-order valence-electron chi connectivity index (χ3n) is 4.65. The van der Waals surface area contributed by atoms with Crippen molar-refractivity contribution in [3.8, 4) is 5.75 Å². The van der Waals surface area contributed by atoms with Crippen LogP contribution in [-0.2, 0) is 4.79 Å². The van der Waals surface area contributed by atoms with Crippen LogP contribution in [0.4, 0.5) is 5.69 Å². The first-order valence-corrected chi connectivity index (χ1v) is 8.42. The van der Waals surface area contributed by atoms with Crippen molar-refractivity contribution in [3.63, 3.8) is 0 Å². The van der Waals surface area contributed by atoms with E-state index in [1.165, 1.54) is 44.3 Å². The van der Waals surface area contributed by atoms with E-state index in [4.69, 9.17) is 4.74 Å². The van der Waals surface area contributed by atoms with Crippen molar-refractivity contribution in [1.82, 2.24) is 4.90 Å². The number of benzene rings is 1. The van der Waals surface area contributed by atoms with Crippen molar-refractivity contribution in [2.45, 2.75) is 57.6 Å². The average molecular weight is 302 g/mol. The minimum absolute atomic E-state index is 0.0965. The smallest absolute Gasteiger partial charge is 0.211 e. The van der Waals surface area contributed by atoms with E-state index in [2.05, 4.69) is 22.3 Å². The summed E-state index contributed by atoms with van der Waals surface area (Å²) in [6, 6.07) is 7.09. The van der Waals surface area contributed by atoms with Gasteiger partial charge in [-0.15, -0.1) is 0 Å². The first-order chi connectivity index (χ1) is 10.7. The normalized spacial score (nSPS) is 20.1. The topological polar surface area (TPSA) is 41.6 Å². The number of amides is 1. The van der Waals surface area contributed by atoms with Crippen molar-refractivity contribution in [2.75, 3.05) is 18.4 Å². The zero-order valence-corrected chi connectivity index (χ0v) is 13.5. The second-order valence-corrected chi connectivity index (χ2v) is 6.73. The van der Waals surface area contributed by atoms with Gasteiger partial charge in [-0.1, -0.05) is 6.07 Å². The summed E-state index contributed by atoms with van der Waals surface area (Å²) in [5.74, 6) is 1.39. The highest BCUT2D eigenvalue weighted by molar-refractivity contribution is 5.75. The Morgan fingerprint density at radius 1 is 1.23 bits per heavy atom. The van der Waals surface area contributed by atoms with Gasteiger partial charge in [0.15, 0.2) is 0 Å². The van der Waals surface area contributed by atoms with E-state index in [0.29, 0.717) is 12.3 Å². The van der Waals surface area contributed by atoms with Gasteiger partial charge in [-0.3, -0.25) is 4.79 Å². The summed E-state index contributed by atoms with van der Waals surface area (Å²) in [7, 11) is 0. The molecule has 1 saturated carbocycles. The maximum Gasteiger partial charge on any atom is 0.211 e. The minimum Gasteiger partial charge on any atom is -0.489 e. The van der Waals surface area contributed by atoms with E-state index in [9.17, 15) is 4.79 Å². The SMILES string of the molecule is CC(C)Oc1cc(C2CCN(C3CC3)CC2)ccc1NC=O. The molecule has 2 aliphatic rings. The molecule has 1 N–H and O–H groups in total. The number of hydrogen-bond donors (Lipinski definition) is 1. The van der Waals surface area contributed by atoms with Gasteiger partial charge in [-0.05, 0) is 76.2 Å². The van der Waals surface area contributed by atoms with Gasteiger partial charge >= 0.3 is 0 Å². The summed E-state index contributed by atoms with van der Waals surface area (Å²) in [6.45, 7) is 6.44. The summed E-state index contributed by atoms with van der Waals surface area (Å²) < 4.78 is 5.87. The Balaban J connectivity index is 1.71. The van der Waals surface area contributed by atoms with Crippen LogP contribution in [0.3, 0.4) is 0 Å². The molecule has 1 heterocycles. The number of piperidine rings is 1. The fraction of sp³-hybridized carbons (Fsp3) is 0.611. The predicted molar refractivity (Wildman–Crippen MR) is 88.5 cm³/mol. The van der Waals surface area contributed by atoms with E-state index in [1.807, 2.05) is 19.9 Å². The molecule has 22 heavy (non-hydrogen) atoms. The summed E-state index contributed by atoms with van der Waals surface area (Å²) in [4.78, 5) is 13.4. The van der Waals surface area contributed by atoms with Crippen LogP contribution in [0.2, 0.25) is 0 Å². The van der Waals surface area contributed by atoms with Gasteiger partial charge in [0.05, 0.1) is 11.8 Å². The summed E-state index contributed by atoms with van der Waals surface area (Å²) in [5.41, 5.74) is 2.09. The highest BCUT2D eigenvalue weighted by Crippen LogP contribution is 2.37. The zero-order valence-electron chi connectivity index (χ0n) is 13.5. The van der Waals surface area contributed by atoms with E-state index >= 15 is 0 Å². The minimum atomic E-state index is 0.0965. The summed E-state index contributed by atoms with van der Waals surface area (Å²) in [6.07, 6.45) is 6.03. The lowest BCUT2D eigenvalue weighted by Gasteiger charge is -2.32. The van der Waals surface area contributed by atoms with Crippen LogP contribution in [0.5, 0.6) is 5.75 Å². The largest absolute Gasteiger partial charge is 0.489 e. The number of anilines is 1. The number of carbonyl (C=O) groups excluding carboxylic acids is 1. The molecule has 0 aromatic heterocycles. The maximum atomic E-state index is 10.7. The predicted octanol–water partition coefficient (Wildman–Crippen LogP) is 3.38. The average Bonchev–Trinajstić information content (AvgIpc) is 3.34. The number of hydrogen-bond acceptors (Lipinski definition) is 3. The van der Waals surface area contributed by atoms with Crippen molar-refractivity contribution in [2.24, 2.45) is 0 Å². The molecule has 0 unspecified atom stereocenters. The second kappa shape index (κ2) is 6.69. The first kappa shape index (κ1) is 15.3. The molecule has 1 aliphatic heterocycles. The quantitative estimate of drug-likeness (QED) is 0.819. The summed E-state index contributed by atoms with van der Waals surface area (Å²) in [5, 5.41) is 2.73. The number of ether oxygens (including phenoxy) is 1. The molecular formula is C18H26N2O2. The molecular weight excluding hydrogens is 276 g/mol. The Morgan fingerprint density at radius 3 is 2.55 bits per heavy atom. The van der Waals surface area contributed by atoms with E-state index in [-0.39, 0.29) is 6.10 Å². The van der Waals surface area contributed by atoms with Crippen LogP contribution in [0.15, 0.2) is 18.2 Å². The van der Waals surface area contributed by atoms with E-state index in [1.54, 1.807) is 0 Å². The Bertz CT molecular complexity index is 518. The molecule has 0 spiro atoms. The lowest BCUT2D eigenvalue weighted by atomic mass is 9.89. The molecule has 0 atom stereocenters. The fourth-order valence-electron chi connectivity index (χ4n) is 3.36. The highest BCUT2D eigenvalue weighted by Gasteiger charge is 2.32.